The third-order valence-electron chi connectivity index (χ3n) is 4.03. The van der Waals surface area contributed by atoms with Crippen LogP contribution in [0.2, 0.25) is 0 Å². The molecule has 2 aliphatic rings. The summed E-state index contributed by atoms with van der Waals surface area (Å²) >= 11 is 0. The molecule has 2 nitrogen and oxygen atoms in total. The summed E-state index contributed by atoms with van der Waals surface area (Å²) in [5.74, 6) is 0.368. The maximum absolute atomic E-state index is 5.56. The molecule has 112 valence electrons. The summed E-state index contributed by atoms with van der Waals surface area (Å²) < 4.78 is 10.7. The normalized spacial score (nSPS) is 41.5. The van der Waals surface area contributed by atoms with Crippen molar-refractivity contribution in [3.8, 4) is 0 Å². The topological polar surface area (TPSA) is 18.5 Å². The van der Waals surface area contributed by atoms with Crippen molar-refractivity contribution in [1.29, 1.82) is 0 Å². The van der Waals surface area contributed by atoms with Crippen LogP contribution in [0.3, 0.4) is 0 Å². The number of ether oxygens (including phenoxy) is 2. The summed E-state index contributed by atoms with van der Waals surface area (Å²) in [6.07, 6.45) is 6.67. The zero-order valence-corrected chi connectivity index (χ0v) is 19.2. The van der Waals surface area contributed by atoms with Crippen LogP contribution >= 0.6 is 0 Å². The quantitative estimate of drug-likeness (QED) is 0.490. The van der Waals surface area contributed by atoms with Crippen LogP contribution in [0, 0.1) is 32.6 Å². The van der Waals surface area contributed by atoms with Gasteiger partial charge in [0.25, 0.3) is 0 Å². The molecule has 0 aromatic carbocycles. The molecule has 2 aliphatic heterocycles. The molecule has 0 saturated carbocycles. The van der Waals surface area contributed by atoms with Crippen molar-refractivity contribution in [3.05, 3.63) is 26.7 Å². The van der Waals surface area contributed by atoms with Crippen molar-refractivity contribution < 1.29 is 74.9 Å². The molecule has 2 heterocycles. The van der Waals surface area contributed by atoms with E-state index in [1.807, 2.05) is 12.8 Å². The predicted octanol–water partition coefficient (Wildman–Crippen LogP) is 2.42. The van der Waals surface area contributed by atoms with Crippen LogP contribution < -0.4 is 0 Å². The molecule has 0 spiro atoms. The van der Waals surface area contributed by atoms with E-state index in [0.29, 0.717) is 5.92 Å². The fraction of sp³-hybridized carbons (Fsp3) is 0.733. The molecule has 0 aromatic heterocycles. The van der Waals surface area contributed by atoms with Crippen LogP contribution in [0.5, 0.6) is 0 Å². The Hall–Kier alpha value is 2.26. The average Bonchev–Trinajstić information content (AvgIpc) is 2.82. The zero-order valence-electron chi connectivity index (χ0n) is 13.5. The van der Waals surface area contributed by atoms with Gasteiger partial charge in [-0.25, -0.2) is 0 Å². The Bertz CT molecular complexity index is 297. The Kier molecular flexibility index (Phi) is 13.3. The van der Waals surface area contributed by atoms with E-state index in [2.05, 4.69) is 34.6 Å². The van der Waals surface area contributed by atoms with Crippen molar-refractivity contribution in [2.45, 2.75) is 63.2 Å². The van der Waals surface area contributed by atoms with Crippen LogP contribution in [0.1, 0.15) is 40.0 Å². The molecule has 21 heavy (non-hydrogen) atoms. The van der Waals surface area contributed by atoms with Gasteiger partial charge in [-0.15, -0.1) is 12.0 Å². The fourth-order valence-electron chi connectivity index (χ4n) is 2.23. The molecule has 0 aliphatic carbocycles. The number of hydrogen-bond donors (Lipinski definition) is 0. The summed E-state index contributed by atoms with van der Waals surface area (Å²) in [7, 11) is 11.0. The Balaban J connectivity index is 0. The SMILES string of the molecule is [B][C@H]1[CH-]CC([CH2-])(CC)O1.[B][C@H]1[CH-][C@H](C)C([CH2-])(CC)O1.[Y].[Y]. The Labute approximate surface area is 184 Å². The molecular weight excluding hydrogens is 412 g/mol. The summed E-state index contributed by atoms with van der Waals surface area (Å²) in [4.78, 5) is 0. The van der Waals surface area contributed by atoms with Gasteiger partial charge in [0.2, 0.25) is 0 Å². The Morgan fingerprint density at radius 3 is 1.86 bits per heavy atom. The molecule has 0 aromatic rings. The van der Waals surface area contributed by atoms with Crippen LogP contribution in [-0.4, -0.2) is 38.9 Å². The summed E-state index contributed by atoms with van der Waals surface area (Å²) in [5, 5.41) is 0. The second kappa shape index (κ2) is 11.0. The van der Waals surface area contributed by atoms with Crippen molar-refractivity contribution in [2.24, 2.45) is 5.92 Å². The molecule has 6 heteroatoms. The van der Waals surface area contributed by atoms with E-state index in [1.165, 1.54) is 0 Å². The van der Waals surface area contributed by atoms with Gasteiger partial charge in [-0.1, -0.05) is 44.8 Å². The second-order valence-electron chi connectivity index (χ2n) is 5.54. The zero-order chi connectivity index (χ0) is 14.7. The maximum Gasteiger partial charge on any atom is 0.0623 e. The Morgan fingerprint density at radius 2 is 1.67 bits per heavy atom. The standard InChI is InChI=1S/C8H13BO.C7H11BO.2Y/c1-4-8(3)6(2)5-7(9)10-8;1-3-7(2)5-4-6(8)9-7;;/h5-7H,3-4H2,1-2H3;4,6H,2-3,5H2,1H3;;/q2*-2;;/t6-,7+,8?;6-,7?;;/m01../s1. The minimum absolute atomic E-state index is 0. The average molecular weight is 436 g/mol. The molecule has 2 saturated heterocycles. The van der Waals surface area contributed by atoms with E-state index in [0.717, 1.165) is 19.3 Å². The Morgan fingerprint density at radius 1 is 1.10 bits per heavy atom. The van der Waals surface area contributed by atoms with Gasteiger partial charge in [0, 0.05) is 65.4 Å². The van der Waals surface area contributed by atoms with Gasteiger partial charge < -0.3 is 36.2 Å². The first-order chi connectivity index (χ1) is 8.74. The molecule has 0 bridgehead atoms. The number of rotatable bonds is 2. The van der Waals surface area contributed by atoms with E-state index in [-0.39, 0.29) is 88.6 Å². The van der Waals surface area contributed by atoms with Gasteiger partial charge in [0.1, 0.15) is 0 Å². The van der Waals surface area contributed by atoms with E-state index in [1.54, 1.807) is 0 Å². The molecule has 0 N–H and O–H groups in total. The van der Waals surface area contributed by atoms with Crippen molar-refractivity contribution >= 4 is 15.7 Å². The first kappa shape index (κ1) is 25.5. The molecule has 5 atom stereocenters. The van der Waals surface area contributed by atoms with E-state index < -0.39 is 0 Å². The minimum Gasteiger partial charge on any atom is -0.447 e. The van der Waals surface area contributed by atoms with E-state index in [4.69, 9.17) is 25.2 Å². The van der Waals surface area contributed by atoms with Crippen LogP contribution in [0.4, 0.5) is 0 Å². The van der Waals surface area contributed by atoms with Crippen molar-refractivity contribution in [2.75, 3.05) is 0 Å². The molecule has 6 radical (unpaired) electrons. The summed E-state index contributed by atoms with van der Waals surface area (Å²) in [6, 6.07) is -0.408. The minimum atomic E-state index is -0.264. The van der Waals surface area contributed by atoms with Crippen LogP contribution in [-0.2, 0) is 74.9 Å². The smallest absolute Gasteiger partial charge is 0.0623 e. The second-order valence-corrected chi connectivity index (χ2v) is 5.54. The summed E-state index contributed by atoms with van der Waals surface area (Å²) in [5.41, 5.74) is -0.487. The van der Waals surface area contributed by atoms with Gasteiger partial charge in [-0.05, 0) is 0 Å². The van der Waals surface area contributed by atoms with Gasteiger partial charge in [0.15, 0.2) is 0 Å². The van der Waals surface area contributed by atoms with Gasteiger partial charge in [0.05, 0.1) is 15.7 Å². The molecule has 2 rings (SSSR count). The summed E-state index contributed by atoms with van der Waals surface area (Å²) in [6.45, 7) is 14.1. The van der Waals surface area contributed by atoms with E-state index >= 15 is 0 Å². The van der Waals surface area contributed by atoms with Crippen LogP contribution in [0.25, 0.3) is 0 Å². The molecule has 0 amide bonds. The molecular formula is C15H24B2O2Y2-4. The fourth-order valence-corrected chi connectivity index (χ4v) is 2.23. The van der Waals surface area contributed by atoms with Gasteiger partial charge in [-0.2, -0.15) is 12.3 Å². The first-order valence-corrected chi connectivity index (χ1v) is 7.00. The molecule has 2 unspecified atom stereocenters. The number of hydrogen-bond acceptors (Lipinski definition) is 2. The van der Waals surface area contributed by atoms with Gasteiger partial charge in [-0.3, -0.25) is 0 Å². The monoisotopic (exact) mass is 436 g/mol. The maximum atomic E-state index is 5.56. The largest absolute Gasteiger partial charge is 0.447 e. The first-order valence-electron chi connectivity index (χ1n) is 7.00. The molecule has 2 fully saturated rings. The van der Waals surface area contributed by atoms with Crippen molar-refractivity contribution in [1.82, 2.24) is 0 Å². The van der Waals surface area contributed by atoms with E-state index in [9.17, 15) is 0 Å². The predicted molar refractivity (Wildman–Crippen MR) is 80.4 cm³/mol. The van der Waals surface area contributed by atoms with Gasteiger partial charge >= 0.3 is 0 Å². The third-order valence-corrected chi connectivity index (χ3v) is 4.03. The van der Waals surface area contributed by atoms with Crippen molar-refractivity contribution in [3.63, 3.8) is 0 Å². The third kappa shape index (κ3) is 7.78. The van der Waals surface area contributed by atoms with Crippen LogP contribution in [0.15, 0.2) is 0 Å².